The lowest BCUT2D eigenvalue weighted by Gasteiger charge is -2.21. The SMILES string of the molecule is O=C(CSC1CCCC1)N1CCS[C@@H](c2ccccc2)CC1. The average molecular weight is 336 g/mol. The predicted molar refractivity (Wildman–Crippen MR) is 97.6 cm³/mol. The Labute approximate surface area is 142 Å². The zero-order valence-electron chi connectivity index (χ0n) is 13.1. The topological polar surface area (TPSA) is 20.3 Å². The van der Waals surface area contributed by atoms with Crippen LogP contribution in [0.3, 0.4) is 0 Å². The molecular formula is C18H25NOS2. The van der Waals surface area contributed by atoms with E-state index in [1.54, 1.807) is 0 Å². The first-order chi connectivity index (χ1) is 10.8. The molecule has 1 saturated heterocycles. The van der Waals surface area contributed by atoms with Crippen molar-refractivity contribution >= 4 is 29.4 Å². The summed E-state index contributed by atoms with van der Waals surface area (Å²) in [5, 5.41) is 1.28. The third kappa shape index (κ3) is 4.45. The van der Waals surface area contributed by atoms with Crippen LogP contribution in [0.15, 0.2) is 30.3 Å². The number of thioether (sulfide) groups is 2. The van der Waals surface area contributed by atoms with Gasteiger partial charge in [-0.25, -0.2) is 0 Å². The Bertz CT molecular complexity index is 473. The summed E-state index contributed by atoms with van der Waals surface area (Å²) in [4.78, 5) is 14.5. The molecule has 1 aliphatic carbocycles. The van der Waals surface area contributed by atoms with Gasteiger partial charge in [-0.1, -0.05) is 43.2 Å². The molecule has 1 aliphatic heterocycles. The molecule has 1 aromatic rings. The van der Waals surface area contributed by atoms with Gasteiger partial charge in [0.15, 0.2) is 0 Å². The molecule has 0 N–H and O–H groups in total. The van der Waals surface area contributed by atoms with E-state index in [0.717, 1.165) is 30.5 Å². The van der Waals surface area contributed by atoms with Gasteiger partial charge in [-0.2, -0.15) is 11.8 Å². The van der Waals surface area contributed by atoms with Gasteiger partial charge in [-0.3, -0.25) is 4.79 Å². The number of hydrogen-bond donors (Lipinski definition) is 0. The third-order valence-electron chi connectivity index (χ3n) is 4.61. The monoisotopic (exact) mass is 335 g/mol. The van der Waals surface area contributed by atoms with Crippen molar-refractivity contribution in [3.05, 3.63) is 35.9 Å². The molecule has 22 heavy (non-hydrogen) atoms. The van der Waals surface area contributed by atoms with E-state index in [0.29, 0.717) is 16.9 Å². The minimum Gasteiger partial charge on any atom is -0.341 e. The molecule has 0 spiro atoms. The molecule has 1 aromatic carbocycles. The Morgan fingerprint density at radius 3 is 2.68 bits per heavy atom. The summed E-state index contributed by atoms with van der Waals surface area (Å²) < 4.78 is 0. The van der Waals surface area contributed by atoms with E-state index in [-0.39, 0.29) is 0 Å². The minimum absolute atomic E-state index is 0.353. The maximum Gasteiger partial charge on any atom is 0.232 e. The number of benzene rings is 1. The first kappa shape index (κ1) is 16.3. The first-order valence-electron chi connectivity index (χ1n) is 8.39. The highest BCUT2D eigenvalue weighted by Gasteiger charge is 2.23. The number of nitrogens with zero attached hydrogens (tertiary/aromatic N) is 1. The van der Waals surface area contributed by atoms with Gasteiger partial charge >= 0.3 is 0 Å². The van der Waals surface area contributed by atoms with Crippen LogP contribution in [0.5, 0.6) is 0 Å². The van der Waals surface area contributed by atoms with E-state index in [2.05, 4.69) is 35.2 Å². The van der Waals surface area contributed by atoms with Gasteiger partial charge in [0.25, 0.3) is 0 Å². The van der Waals surface area contributed by atoms with Crippen molar-refractivity contribution in [1.29, 1.82) is 0 Å². The van der Waals surface area contributed by atoms with Crippen molar-refractivity contribution in [3.63, 3.8) is 0 Å². The fraction of sp³-hybridized carbons (Fsp3) is 0.611. The highest BCUT2D eigenvalue weighted by atomic mass is 32.2. The summed E-state index contributed by atoms with van der Waals surface area (Å²) in [5.74, 6) is 2.09. The van der Waals surface area contributed by atoms with E-state index in [1.165, 1.54) is 31.2 Å². The number of amides is 1. The second-order valence-electron chi connectivity index (χ2n) is 6.16. The van der Waals surface area contributed by atoms with Gasteiger partial charge in [0, 0.05) is 29.3 Å². The molecule has 1 saturated carbocycles. The second-order valence-corrected chi connectivity index (χ2v) is 8.76. The fourth-order valence-electron chi connectivity index (χ4n) is 3.29. The molecule has 2 aliphatic rings. The molecule has 1 heterocycles. The van der Waals surface area contributed by atoms with Crippen LogP contribution in [-0.4, -0.2) is 40.7 Å². The summed E-state index contributed by atoms with van der Waals surface area (Å²) in [5.41, 5.74) is 1.40. The van der Waals surface area contributed by atoms with Crippen LogP contribution in [0.4, 0.5) is 0 Å². The Morgan fingerprint density at radius 1 is 1.14 bits per heavy atom. The summed E-state index contributed by atoms with van der Waals surface area (Å²) in [7, 11) is 0. The average Bonchev–Trinajstić information content (AvgIpc) is 2.96. The lowest BCUT2D eigenvalue weighted by molar-refractivity contribution is -0.128. The number of carbonyl (C=O) groups is 1. The molecule has 120 valence electrons. The van der Waals surface area contributed by atoms with Gasteiger partial charge < -0.3 is 4.90 Å². The number of hydrogen-bond acceptors (Lipinski definition) is 3. The molecule has 0 bridgehead atoms. The zero-order valence-corrected chi connectivity index (χ0v) is 14.7. The third-order valence-corrected chi connectivity index (χ3v) is 7.30. The smallest absolute Gasteiger partial charge is 0.232 e. The Morgan fingerprint density at radius 2 is 1.91 bits per heavy atom. The molecule has 1 atom stereocenters. The Hall–Kier alpha value is -0.610. The van der Waals surface area contributed by atoms with Crippen LogP contribution in [0.25, 0.3) is 0 Å². The molecule has 3 rings (SSSR count). The Balaban J connectivity index is 1.48. The zero-order chi connectivity index (χ0) is 15.2. The summed E-state index contributed by atoms with van der Waals surface area (Å²) in [6.45, 7) is 1.83. The van der Waals surface area contributed by atoms with Gasteiger partial charge in [0.1, 0.15) is 0 Å². The lowest BCUT2D eigenvalue weighted by Crippen LogP contribution is -2.34. The van der Waals surface area contributed by atoms with Crippen molar-refractivity contribution in [3.8, 4) is 0 Å². The number of carbonyl (C=O) groups excluding carboxylic acids is 1. The van der Waals surface area contributed by atoms with Crippen LogP contribution >= 0.6 is 23.5 Å². The van der Waals surface area contributed by atoms with Crippen LogP contribution < -0.4 is 0 Å². The van der Waals surface area contributed by atoms with E-state index in [9.17, 15) is 4.79 Å². The summed E-state index contributed by atoms with van der Waals surface area (Å²) >= 11 is 3.89. The highest BCUT2D eigenvalue weighted by molar-refractivity contribution is 8.00. The summed E-state index contributed by atoms with van der Waals surface area (Å²) in [6, 6.07) is 10.7. The molecule has 2 nitrogen and oxygen atoms in total. The van der Waals surface area contributed by atoms with Crippen LogP contribution in [0.1, 0.15) is 42.9 Å². The fourth-order valence-corrected chi connectivity index (χ4v) is 5.75. The van der Waals surface area contributed by atoms with Crippen LogP contribution in [-0.2, 0) is 4.79 Å². The molecule has 1 amide bonds. The van der Waals surface area contributed by atoms with E-state index in [4.69, 9.17) is 0 Å². The standard InChI is InChI=1S/C18H25NOS2/c20-18(14-22-16-8-4-5-9-16)19-11-10-17(21-13-12-19)15-6-2-1-3-7-15/h1-3,6-7,16-17H,4-5,8-14H2/t17-/m1/s1. The maximum atomic E-state index is 12.4. The van der Waals surface area contributed by atoms with E-state index < -0.39 is 0 Å². The number of rotatable bonds is 4. The highest BCUT2D eigenvalue weighted by Crippen LogP contribution is 2.34. The van der Waals surface area contributed by atoms with Crippen LogP contribution in [0, 0.1) is 0 Å². The van der Waals surface area contributed by atoms with Gasteiger partial charge in [0.2, 0.25) is 5.91 Å². The van der Waals surface area contributed by atoms with Gasteiger partial charge in [-0.05, 0) is 24.8 Å². The van der Waals surface area contributed by atoms with Gasteiger partial charge in [-0.15, -0.1) is 11.8 Å². The largest absolute Gasteiger partial charge is 0.341 e. The molecule has 4 heteroatoms. The molecule has 0 aromatic heterocycles. The van der Waals surface area contributed by atoms with Crippen molar-refractivity contribution < 1.29 is 4.79 Å². The van der Waals surface area contributed by atoms with Crippen molar-refractivity contribution in [2.24, 2.45) is 0 Å². The van der Waals surface area contributed by atoms with E-state index >= 15 is 0 Å². The molecule has 2 fully saturated rings. The van der Waals surface area contributed by atoms with Crippen molar-refractivity contribution in [1.82, 2.24) is 4.90 Å². The van der Waals surface area contributed by atoms with E-state index in [1.807, 2.05) is 23.5 Å². The molecule has 0 radical (unpaired) electrons. The molecular weight excluding hydrogens is 310 g/mol. The van der Waals surface area contributed by atoms with Gasteiger partial charge in [0.05, 0.1) is 5.75 Å². The first-order valence-corrected chi connectivity index (χ1v) is 10.5. The second kappa shape index (κ2) is 8.30. The van der Waals surface area contributed by atoms with Crippen molar-refractivity contribution in [2.45, 2.75) is 42.6 Å². The molecule has 0 unspecified atom stereocenters. The van der Waals surface area contributed by atoms with Crippen molar-refractivity contribution in [2.75, 3.05) is 24.6 Å². The maximum absolute atomic E-state index is 12.4. The minimum atomic E-state index is 0.353. The lowest BCUT2D eigenvalue weighted by atomic mass is 10.1. The quantitative estimate of drug-likeness (QED) is 0.815. The predicted octanol–water partition coefficient (Wildman–Crippen LogP) is 4.37. The Kier molecular flexibility index (Phi) is 6.13. The van der Waals surface area contributed by atoms with Crippen LogP contribution in [0.2, 0.25) is 0 Å². The normalized spacial score (nSPS) is 23.5. The summed E-state index contributed by atoms with van der Waals surface area (Å²) in [6.07, 6.45) is 6.40.